The molecule has 3 aromatic rings. The summed E-state index contributed by atoms with van der Waals surface area (Å²) >= 11 is 4.93. The molecule has 0 bridgehead atoms. The van der Waals surface area contributed by atoms with Gasteiger partial charge in [-0.3, -0.25) is 0 Å². The summed E-state index contributed by atoms with van der Waals surface area (Å²) in [6, 6.07) is 7.87. The Kier molecular flexibility index (Phi) is 2.93. The highest BCUT2D eigenvalue weighted by atomic mass is 79.9. The van der Waals surface area contributed by atoms with E-state index in [1.165, 1.54) is 11.3 Å². The highest BCUT2D eigenvalue weighted by Gasteiger charge is 2.16. The first-order valence-corrected chi connectivity index (χ1v) is 7.02. The molecule has 0 amide bonds. The number of hydrogen-bond acceptors (Lipinski definition) is 4. The van der Waals surface area contributed by atoms with Crippen molar-refractivity contribution >= 4 is 32.2 Å². The lowest BCUT2D eigenvalue weighted by molar-refractivity contribution is 0.275. The summed E-state index contributed by atoms with van der Waals surface area (Å²) in [4.78, 5) is 5.36. The summed E-state index contributed by atoms with van der Waals surface area (Å²) < 4.78 is 2.74. The van der Waals surface area contributed by atoms with E-state index in [2.05, 4.69) is 26.0 Å². The maximum Gasteiger partial charge on any atom is 0.213 e. The van der Waals surface area contributed by atoms with E-state index in [0.717, 1.165) is 31.4 Å². The first-order chi connectivity index (χ1) is 8.69. The summed E-state index contributed by atoms with van der Waals surface area (Å²) in [5, 5.41) is 14.8. The van der Waals surface area contributed by atoms with E-state index in [-0.39, 0.29) is 6.61 Å². The number of imidazole rings is 1. The van der Waals surface area contributed by atoms with E-state index in [1.807, 2.05) is 31.2 Å². The van der Waals surface area contributed by atoms with Crippen LogP contribution in [0.3, 0.4) is 0 Å². The summed E-state index contributed by atoms with van der Waals surface area (Å²) in [5.41, 5.74) is 2.51. The van der Waals surface area contributed by atoms with Gasteiger partial charge in [-0.05, 0) is 19.1 Å². The fourth-order valence-corrected chi connectivity index (χ4v) is 2.89. The normalized spacial score (nSPS) is 11.3. The molecule has 4 nitrogen and oxygen atoms in total. The van der Waals surface area contributed by atoms with Gasteiger partial charge in [0.25, 0.3) is 0 Å². The Morgan fingerprint density at radius 1 is 1.33 bits per heavy atom. The van der Waals surface area contributed by atoms with Gasteiger partial charge in [0, 0.05) is 10.0 Å². The molecule has 2 heterocycles. The van der Waals surface area contributed by atoms with E-state index < -0.39 is 0 Å². The first-order valence-electron chi connectivity index (χ1n) is 5.41. The zero-order valence-corrected chi connectivity index (χ0v) is 12.0. The van der Waals surface area contributed by atoms with Gasteiger partial charge in [0.05, 0.1) is 18.0 Å². The molecule has 18 heavy (non-hydrogen) atoms. The van der Waals surface area contributed by atoms with Gasteiger partial charge < -0.3 is 5.11 Å². The molecule has 0 aliphatic heterocycles. The van der Waals surface area contributed by atoms with Crippen LogP contribution in [0, 0.1) is 6.92 Å². The molecular formula is C12H10BrN3OS. The number of halogens is 1. The summed E-state index contributed by atoms with van der Waals surface area (Å²) in [5.74, 6) is 0. The van der Waals surface area contributed by atoms with Gasteiger partial charge >= 0.3 is 0 Å². The Morgan fingerprint density at radius 2 is 2.06 bits per heavy atom. The lowest BCUT2D eigenvalue weighted by atomic mass is 10.1. The number of rotatable bonds is 2. The van der Waals surface area contributed by atoms with Crippen molar-refractivity contribution in [3.63, 3.8) is 0 Å². The van der Waals surface area contributed by atoms with Gasteiger partial charge in [0.15, 0.2) is 0 Å². The molecule has 2 aromatic heterocycles. The molecule has 0 spiro atoms. The molecule has 0 radical (unpaired) electrons. The second kappa shape index (κ2) is 4.46. The predicted octanol–water partition coefficient (Wildman–Crippen LogP) is 3.02. The maximum atomic E-state index is 9.53. The number of aliphatic hydroxyl groups is 1. The SMILES string of the molecule is Cc1nn2c(CO)c(-c3ccc(Br)cc3)nc2s1. The number of aryl methyl sites for hydroxylation is 1. The monoisotopic (exact) mass is 323 g/mol. The van der Waals surface area contributed by atoms with Gasteiger partial charge in [-0.1, -0.05) is 39.4 Å². The molecule has 0 saturated carbocycles. The fraction of sp³-hybridized carbons (Fsp3) is 0.167. The summed E-state index contributed by atoms with van der Waals surface area (Å²) in [6.07, 6.45) is 0. The minimum atomic E-state index is -0.0737. The fourth-order valence-electron chi connectivity index (χ4n) is 1.87. The third kappa shape index (κ3) is 1.86. The van der Waals surface area contributed by atoms with Crippen molar-refractivity contribution in [1.29, 1.82) is 0 Å². The Balaban J connectivity index is 2.22. The smallest absolute Gasteiger partial charge is 0.213 e. The van der Waals surface area contributed by atoms with E-state index in [1.54, 1.807) is 4.52 Å². The van der Waals surface area contributed by atoms with Crippen molar-refractivity contribution < 1.29 is 5.11 Å². The van der Waals surface area contributed by atoms with Gasteiger partial charge in [-0.15, -0.1) is 0 Å². The number of aliphatic hydroxyl groups excluding tert-OH is 1. The van der Waals surface area contributed by atoms with Crippen LogP contribution in [-0.2, 0) is 6.61 Å². The van der Waals surface area contributed by atoms with Crippen molar-refractivity contribution in [3.05, 3.63) is 39.4 Å². The average molecular weight is 324 g/mol. The average Bonchev–Trinajstić information content (AvgIpc) is 2.85. The molecule has 0 fully saturated rings. The van der Waals surface area contributed by atoms with Gasteiger partial charge in [0.2, 0.25) is 4.96 Å². The molecule has 0 aliphatic carbocycles. The van der Waals surface area contributed by atoms with E-state index in [9.17, 15) is 5.11 Å². The highest BCUT2D eigenvalue weighted by Crippen LogP contribution is 2.27. The quantitative estimate of drug-likeness (QED) is 0.788. The standard InChI is InChI=1S/C12H10BrN3OS/c1-7-15-16-10(6-17)11(14-12(16)18-7)8-2-4-9(13)5-3-8/h2-5,17H,6H2,1H3. The molecule has 3 rings (SSSR count). The lowest BCUT2D eigenvalue weighted by Crippen LogP contribution is -1.95. The largest absolute Gasteiger partial charge is 0.390 e. The van der Waals surface area contributed by atoms with E-state index in [4.69, 9.17) is 0 Å². The lowest BCUT2D eigenvalue weighted by Gasteiger charge is -2.00. The molecule has 0 saturated heterocycles. The molecule has 92 valence electrons. The van der Waals surface area contributed by atoms with Crippen molar-refractivity contribution in [2.75, 3.05) is 0 Å². The van der Waals surface area contributed by atoms with Gasteiger partial charge in [0.1, 0.15) is 5.01 Å². The molecule has 6 heteroatoms. The van der Waals surface area contributed by atoms with Gasteiger partial charge in [-0.25, -0.2) is 9.50 Å². The molecule has 1 N–H and O–H groups in total. The van der Waals surface area contributed by atoms with Crippen LogP contribution in [0.5, 0.6) is 0 Å². The topological polar surface area (TPSA) is 50.4 Å². The molecule has 1 aromatic carbocycles. The van der Waals surface area contributed by atoms with Crippen LogP contribution in [0.2, 0.25) is 0 Å². The predicted molar refractivity (Wildman–Crippen MR) is 74.7 cm³/mol. The Bertz CT molecular complexity index is 702. The number of fused-ring (bicyclic) bond motifs is 1. The first kappa shape index (κ1) is 11.8. The van der Waals surface area contributed by atoms with Crippen LogP contribution in [-0.4, -0.2) is 19.7 Å². The van der Waals surface area contributed by atoms with Crippen LogP contribution in [0.25, 0.3) is 16.2 Å². The van der Waals surface area contributed by atoms with E-state index >= 15 is 0 Å². The van der Waals surface area contributed by atoms with Crippen LogP contribution >= 0.6 is 27.3 Å². The highest BCUT2D eigenvalue weighted by molar-refractivity contribution is 9.10. The second-order valence-corrected chi connectivity index (χ2v) is 5.96. The molecule has 0 atom stereocenters. The van der Waals surface area contributed by atoms with Crippen molar-refractivity contribution in [1.82, 2.24) is 14.6 Å². The second-order valence-electron chi connectivity index (χ2n) is 3.89. The summed E-state index contributed by atoms with van der Waals surface area (Å²) in [7, 11) is 0. The Hall–Kier alpha value is -1.24. The number of benzene rings is 1. The number of aromatic nitrogens is 3. The van der Waals surface area contributed by atoms with Crippen LogP contribution in [0.4, 0.5) is 0 Å². The number of nitrogens with zero attached hydrogens (tertiary/aromatic N) is 3. The zero-order valence-electron chi connectivity index (χ0n) is 9.59. The molecule has 0 aliphatic rings. The van der Waals surface area contributed by atoms with E-state index in [0.29, 0.717) is 0 Å². The minimum Gasteiger partial charge on any atom is -0.390 e. The van der Waals surface area contributed by atoms with Crippen LogP contribution in [0.15, 0.2) is 28.7 Å². The zero-order chi connectivity index (χ0) is 12.7. The third-order valence-corrected chi connectivity index (χ3v) is 4.02. The van der Waals surface area contributed by atoms with Crippen molar-refractivity contribution in [2.45, 2.75) is 13.5 Å². The van der Waals surface area contributed by atoms with Gasteiger partial charge in [-0.2, -0.15) is 5.10 Å². The summed E-state index contributed by atoms with van der Waals surface area (Å²) in [6.45, 7) is 1.86. The maximum absolute atomic E-state index is 9.53. The number of hydrogen-bond donors (Lipinski definition) is 1. The van der Waals surface area contributed by atoms with Crippen molar-refractivity contribution in [2.24, 2.45) is 0 Å². The van der Waals surface area contributed by atoms with Crippen molar-refractivity contribution in [3.8, 4) is 11.3 Å². The third-order valence-electron chi connectivity index (χ3n) is 2.66. The molecular weight excluding hydrogens is 314 g/mol. The Morgan fingerprint density at radius 3 is 2.72 bits per heavy atom. The minimum absolute atomic E-state index is 0.0737. The Labute approximate surface area is 116 Å². The van der Waals surface area contributed by atoms with Crippen LogP contribution < -0.4 is 0 Å². The van der Waals surface area contributed by atoms with Crippen LogP contribution in [0.1, 0.15) is 10.7 Å². The molecule has 0 unspecified atom stereocenters.